The highest BCUT2D eigenvalue weighted by atomic mass is 15.1. The molecule has 0 bridgehead atoms. The molecule has 4 N–H and O–H groups in total. The van der Waals surface area contributed by atoms with Crippen molar-refractivity contribution in [2.75, 3.05) is 11.1 Å². The second-order valence-electron chi connectivity index (χ2n) is 3.53. The Kier molecular flexibility index (Phi) is 3.05. The molecule has 0 fully saturated rings. The first-order chi connectivity index (χ1) is 7.79. The van der Waals surface area contributed by atoms with Gasteiger partial charge in [-0.25, -0.2) is 9.97 Å². The summed E-state index contributed by atoms with van der Waals surface area (Å²) in [5.74, 6) is 2.19. The third-order valence-corrected chi connectivity index (χ3v) is 2.35. The number of anilines is 2. The number of nitrogens with two attached hydrogens (primary N) is 1. The van der Waals surface area contributed by atoms with Crippen LogP contribution in [0.3, 0.4) is 0 Å². The third-order valence-electron chi connectivity index (χ3n) is 2.35. The molecular formula is C11H15N5. The van der Waals surface area contributed by atoms with E-state index in [-0.39, 0.29) is 6.04 Å². The maximum Gasteiger partial charge on any atom is 0.128 e. The number of aromatic amines is 1. The van der Waals surface area contributed by atoms with Gasteiger partial charge in [-0.2, -0.15) is 0 Å². The van der Waals surface area contributed by atoms with Crippen LogP contribution >= 0.6 is 0 Å². The average molecular weight is 217 g/mol. The van der Waals surface area contributed by atoms with Crippen molar-refractivity contribution in [3.63, 3.8) is 0 Å². The monoisotopic (exact) mass is 217 g/mol. The van der Waals surface area contributed by atoms with Crippen LogP contribution in [0.15, 0.2) is 30.6 Å². The van der Waals surface area contributed by atoms with Gasteiger partial charge in [0, 0.05) is 12.4 Å². The number of nitrogen functional groups attached to an aromatic ring is 1. The van der Waals surface area contributed by atoms with Crippen LogP contribution in [0, 0.1) is 0 Å². The quantitative estimate of drug-likeness (QED) is 0.731. The zero-order chi connectivity index (χ0) is 11.4. The number of hydrogen-bond donors (Lipinski definition) is 3. The summed E-state index contributed by atoms with van der Waals surface area (Å²) < 4.78 is 0. The maximum atomic E-state index is 5.62. The van der Waals surface area contributed by atoms with E-state index < -0.39 is 0 Å². The van der Waals surface area contributed by atoms with Crippen molar-refractivity contribution in [3.8, 4) is 0 Å². The van der Waals surface area contributed by atoms with Crippen LogP contribution in [-0.2, 0) is 0 Å². The summed E-state index contributed by atoms with van der Waals surface area (Å²) in [5, 5.41) is 3.29. The van der Waals surface area contributed by atoms with Gasteiger partial charge in [-0.15, -0.1) is 0 Å². The van der Waals surface area contributed by atoms with E-state index in [0.29, 0.717) is 5.82 Å². The fraction of sp³-hybridized carbons (Fsp3) is 0.273. The summed E-state index contributed by atoms with van der Waals surface area (Å²) in [6, 6.07) is 5.66. The van der Waals surface area contributed by atoms with Crippen LogP contribution in [0.25, 0.3) is 0 Å². The SMILES string of the molecule is CCC(Nc1cccc(N)n1)c1ncc[nH]1. The van der Waals surface area contributed by atoms with Crippen molar-refractivity contribution in [2.24, 2.45) is 0 Å². The lowest BCUT2D eigenvalue weighted by Crippen LogP contribution is -2.12. The lowest BCUT2D eigenvalue weighted by Gasteiger charge is -2.15. The minimum absolute atomic E-state index is 0.129. The topological polar surface area (TPSA) is 79.6 Å². The fourth-order valence-corrected chi connectivity index (χ4v) is 1.54. The van der Waals surface area contributed by atoms with E-state index in [4.69, 9.17) is 5.73 Å². The molecule has 1 atom stereocenters. The first-order valence-electron chi connectivity index (χ1n) is 5.28. The number of pyridine rings is 1. The molecule has 1 unspecified atom stereocenters. The van der Waals surface area contributed by atoms with E-state index in [9.17, 15) is 0 Å². The Morgan fingerprint density at radius 3 is 3.00 bits per heavy atom. The molecule has 5 heteroatoms. The van der Waals surface area contributed by atoms with Crippen molar-refractivity contribution in [2.45, 2.75) is 19.4 Å². The van der Waals surface area contributed by atoms with E-state index in [1.807, 2.05) is 18.3 Å². The Hall–Kier alpha value is -2.04. The van der Waals surface area contributed by atoms with Gasteiger partial charge in [-0.1, -0.05) is 13.0 Å². The zero-order valence-electron chi connectivity index (χ0n) is 9.14. The highest BCUT2D eigenvalue weighted by molar-refractivity contribution is 5.43. The Bertz CT molecular complexity index is 437. The molecule has 16 heavy (non-hydrogen) atoms. The summed E-state index contributed by atoms with van der Waals surface area (Å²) in [7, 11) is 0. The van der Waals surface area contributed by atoms with Gasteiger partial charge < -0.3 is 16.0 Å². The van der Waals surface area contributed by atoms with Crippen molar-refractivity contribution >= 4 is 11.6 Å². The van der Waals surface area contributed by atoms with Gasteiger partial charge in [0.15, 0.2) is 0 Å². The van der Waals surface area contributed by atoms with Gasteiger partial charge in [0.05, 0.1) is 6.04 Å². The molecule has 0 aliphatic carbocycles. The van der Waals surface area contributed by atoms with Gasteiger partial charge in [0.1, 0.15) is 17.5 Å². The van der Waals surface area contributed by atoms with E-state index in [1.54, 1.807) is 12.3 Å². The van der Waals surface area contributed by atoms with Crippen LogP contribution < -0.4 is 11.1 Å². The van der Waals surface area contributed by atoms with Crippen LogP contribution in [-0.4, -0.2) is 15.0 Å². The summed E-state index contributed by atoms with van der Waals surface area (Å²) in [5.41, 5.74) is 5.62. The molecule has 2 aromatic heterocycles. The molecule has 0 radical (unpaired) electrons. The number of nitrogens with one attached hydrogen (secondary N) is 2. The molecule has 0 amide bonds. The van der Waals surface area contributed by atoms with E-state index in [1.165, 1.54) is 0 Å². The Balaban J connectivity index is 2.13. The van der Waals surface area contributed by atoms with Crippen molar-refractivity contribution < 1.29 is 0 Å². The summed E-state index contributed by atoms with van der Waals surface area (Å²) in [6.45, 7) is 2.09. The van der Waals surface area contributed by atoms with Crippen LogP contribution in [0.4, 0.5) is 11.6 Å². The molecule has 84 valence electrons. The molecule has 2 rings (SSSR count). The first kappa shape index (κ1) is 10.5. The van der Waals surface area contributed by atoms with Gasteiger partial charge in [-0.3, -0.25) is 0 Å². The fourth-order valence-electron chi connectivity index (χ4n) is 1.54. The molecule has 2 aromatic rings. The zero-order valence-corrected chi connectivity index (χ0v) is 9.14. The second-order valence-corrected chi connectivity index (χ2v) is 3.53. The molecule has 2 heterocycles. The molecular weight excluding hydrogens is 202 g/mol. The highest BCUT2D eigenvalue weighted by Gasteiger charge is 2.11. The Morgan fingerprint density at radius 1 is 1.50 bits per heavy atom. The second kappa shape index (κ2) is 4.65. The van der Waals surface area contributed by atoms with Crippen molar-refractivity contribution in [1.29, 1.82) is 0 Å². The van der Waals surface area contributed by atoms with Gasteiger partial charge in [0.2, 0.25) is 0 Å². The molecule has 0 saturated carbocycles. The lowest BCUT2D eigenvalue weighted by molar-refractivity contribution is 0.700. The molecule has 0 aliphatic heterocycles. The largest absolute Gasteiger partial charge is 0.384 e. The predicted molar refractivity (Wildman–Crippen MR) is 63.9 cm³/mol. The Morgan fingerprint density at radius 2 is 2.38 bits per heavy atom. The van der Waals surface area contributed by atoms with Gasteiger partial charge in [-0.05, 0) is 18.6 Å². The normalized spacial score (nSPS) is 12.3. The average Bonchev–Trinajstić information content (AvgIpc) is 2.79. The molecule has 0 spiro atoms. The summed E-state index contributed by atoms with van der Waals surface area (Å²) >= 11 is 0. The van der Waals surface area contributed by atoms with Crippen molar-refractivity contribution in [3.05, 3.63) is 36.4 Å². The summed E-state index contributed by atoms with van der Waals surface area (Å²) in [4.78, 5) is 11.5. The molecule has 0 aliphatic rings. The minimum atomic E-state index is 0.129. The van der Waals surface area contributed by atoms with Crippen LogP contribution in [0.2, 0.25) is 0 Å². The molecule has 0 aromatic carbocycles. The number of hydrogen-bond acceptors (Lipinski definition) is 4. The molecule has 5 nitrogen and oxygen atoms in total. The number of nitrogens with zero attached hydrogens (tertiary/aromatic N) is 2. The summed E-state index contributed by atoms with van der Waals surface area (Å²) in [6.07, 6.45) is 4.48. The molecule has 0 saturated heterocycles. The van der Waals surface area contributed by atoms with E-state index in [0.717, 1.165) is 18.1 Å². The maximum absolute atomic E-state index is 5.62. The number of rotatable bonds is 4. The first-order valence-corrected chi connectivity index (χ1v) is 5.28. The number of H-pyrrole nitrogens is 1. The van der Waals surface area contributed by atoms with Gasteiger partial charge in [0.25, 0.3) is 0 Å². The van der Waals surface area contributed by atoms with Crippen molar-refractivity contribution in [1.82, 2.24) is 15.0 Å². The minimum Gasteiger partial charge on any atom is -0.384 e. The smallest absolute Gasteiger partial charge is 0.128 e. The van der Waals surface area contributed by atoms with E-state index in [2.05, 4.69) is 27.2 Å². The standard InChI is InChI=1S/C11H15N5/c1-2-8(11-13-6-7-14-11)15-10-5-3-4-9(12)16-10/h3-8H,2H2,1H3,(H,13,14)(H3,12,15,16). The third kappa shape index (κ3) is 2.31. The lowest BCUT2D eigenvalue weighted by atomic mass is 10.2. The predicted octanol–water partition coefficient (Wildman–Crippen LogP) is 1.95. The van der Waals surface area contributed by atoms with Crippen LogP contribution in [0.5, 0.6) is 0 Å². The van der Waals surface area contributed by atoms with E-state index >= 15 is 0 Å². The van der Waals surface area contributed by atoms with Crippen LogP contribution in [0.1, 0.15) is 25.2 Å². The number of imidazole rings is 1. The highest BCUT2D eigenvalue weighted by Crippen LogP contribution is 2.18. The number of aromatic nitrogens is 3. The van der Waals surface area contributed by atoms with Gasteiger partial charge >= 0.3 is 0 Å². The Labute approximate surface area is 94.1 Å².